The van der Waals surface area contributed by atoms with Gasteiger partial charge in [0.2, 0.25) is 5.91 Å². The molecule has 4 rings (SSSR count). The highest BCUT2D eigenvalue weighted by atomic mass is 32.2. The molecule has 3 aromatic carbocycles. The molecule has 0 spiro atoms. The molecule has 0 fully saturated rings. The van der Waals surface area contributed by atoms with Crippen molar-refractivity contribution in [2.45, 2.75) is 31.8 Å². The van der Waals surface area contributed by atoms with Gasteiger partial charge in [0.05, 0.1) is 29.5 Å². The summed E-state index contributed by atoms with van der Waals surface area (Å²) in [6.45, 7) is 4.15. The number of para-hydroxylation sites is 2. The van der Waals surface area contributed by atoms with Crippen LogP contribution in [0.1, 0.15) is 25.0 Å². The molecule has 1 N–H and O–H groups in total. The Morgan fingerprint density at radius 1 is 1.00 bits per heavy atom. The van der Waals surface area contributed by atoms with Gasteiger partial charge in [0.1, 0.15) is 5.75 Å². The van der Waals surface area contributed by atoms with Gasteiger partial charge in [-0.3, -0.25) is 14.2 Å². The highest BCUT2D eigenvalue weighted by Gasteiger charge is 2.16. The van der Waals surface area contributed by atoms with E-state index in [0.717, 1.165) is 29.7 Å². The Hall–Kier alpha value is -3.58. The number of hydrogen-bond acceptors (Lipinski definition) is 5. The summed E-state index contributed by atoms with van der Waals surface area (Å²) in [5.41, 5.74) is 4.14. The maximum Gasteiger partial charge on any atom is 0.266 e. The molecule has 7 heteroatoms. The van der Waals surface area contributed by atoms with E-state index in [4.69, 9.17) is 9.72 Å². The van der Waals surface area contributed by atoms with Gasteiger partial charge in [0.15, 0.2) is 5.16 Å². The minimum atomic E-state index is -0.189. The number of methoxy groups -OCH3 is 1. The summed E-state index contributed by atoms with van der Waals surface area (Å²) < 4.78 is 6.89. The number of benzene rings is 3. The van der Waals surface area contributed by atoms with Gasteiger partial charge in [-0.1, -0.05) is 62.0 Å². The Kier molecular flexibility index (Phi) is 7.33. The molecule has 1 heterocycles. The maximum absolute atomic E-state index is 13.4. The molecular formula is C27H27N3O3S. The van der Waals surface area contributed by atoms with Crippen molar-refractivity contribution in [1.29, 1.82) is 0 Å². The van der Waals surface area contributed by atoms with Crippen molar-refractivity contribution < 1.29 is 9.53 Å². The molecule has 0 aliphatic heterocycles. The van der Waals surface area contributed by atoms with Gasteiger partial charge in [-0.05, 0) is 48.2 Å². The number of hydrogen-bond donors (Lipinski definition) is 1. The number of rotatable bonds is 8. The summed E-state index contributed by atoms with van der Waals surface area (Å²) in [4.78, 5) is 31.1. The minimum absolute atomic E-state index is 0.121. The van der Waals surface area contributed by atoms with E-state index in [2.05, 4.69) is 19.2 Å². The maximum atomic E-state index is 13.4. The van der Waals surface area contributed by atoms with Crippen LogP contribution in [0.2, 0.25) is 0 Å². The van der Waals surface area contributed by atoms with Crippen molar-refractivity contribution in [1.82, 2.24) is 9.55 Å². The molecule has 0 radical (unpaired) electrons. The first-order valence-corrected chi connectivity index (χ1v) is 12.2. The monoisotopic (exact) mass is 473 g/mol. The van der Waals surface area contributed by atoms with Gasteiger partial charge in [-0.15, -0.1) is 0 Å². The first-order chi connectivity index (χ1) is 16.5. The Balaban J connectivity index is 1.68. The SMILES string of the molecule is CCc1cccc(CC)c1NC(=O)CSc1nc2ccccc2c(=O)n1-c1cccc(OC)c1. The smallest absolute Gasteiger partial charge is 0.266 e. The van der Waals surface area contributed by atoms with Crippen molar-refractivity contribution >= 4 is 34.3 Å². The molecule has 0 saturated heterocycles. The van der Waals surface area contributed by atoms with Crippen LogP contribution in [0.5, 0.6) is 5.75 Å². The van der Waals surface area contributed by atoms with E-state index in [-0.39, 0.29) is 17.2 Å². The Morgan fingerprint density at radius 3 is 2.41 bits per heavy atom. The standard InChI is InChI=1S/C27H27N3O3S/c1-4-18-10-8-11-19(5-2)25(18)29-24(31)17-34-27-28-23-15-7-6-14-22(23)26(32)30(27)20-12-9-13-21(16-20)33-3/h6-16H,4-5,17H2,1-3H3,(H,29,31). The second kappa shape index (κ2) is 10.6. The van der Waals surface area contributed by atoms with Gasteiger partial charge in [0.25, 0.3) is 5.56 Å². The molecule has 0 saturated carbocycles. The number of aryl methyl sites for hydroxylation is 2. The van der Waals surface area contributed by atoms with Gasteiger partial charge in [-0.25, -0.2) is 4.98 Å². The van der Waals surface area contributed by atoms with Gasteiger partial charge < -0.3 is 10.1 Å². The average molecular weight is 474 g/mol. The van der Waals surface area contributed by atoms with Crippen LogP contribution >= 0.6 is 11.8 Å². The van der Waals surface area contributed by atoms with Crippen LogP contribution < -0.4 is 15.6 Å². The summed E-state index contributed by atoms with van der Waals surface area (Å²) in [7, 11) is 1.58. The second-order valence-corrected chi connectivity index (χ2v) is 8.69. The number of aromatic nitrogens is 2. The van der Waals surface area contributed by atoms with Crippen molar-refractivity contribution in [3.63, 3.8) is 0 Å². The number of carbonyl (C=O) groups excluding carboxylic acids is 1. The van der Waals surface area contributed by atoms with Gasteiger partial charge >= 0.3 is 0 Å². The highest BCUT2D eigenvalue weighted by molar-refractivity contribution is 7.99. The third-order valence-electron chi connectivity index (χ3n) is 5.65. The van der Waals surface area contributed by atoms with E-state index in [1.165, 1.54) is 11.8 Å². The largest absolute Gasteiger partial charge is 0.497 e. The molecule has 174 valence electrons. The molecule has 34 heavy (non-hydrogen) atoms. The molecule has 0 bridgehead atoms. The van der Waals surface area contributed by atoms with E-state index in [1.807, 2.05) is 54.6 Å². The quantitative estimate of drug-likeness (QED) is 0.280. The first kappa shape index (κ1) is 23.6. The molecule has 0 unspecified atom stereocenters. The van der Waals surface area contributed by atoms with Crippen LogP contribution in [0, 0.1) is 0 Å². The highest BCUT2D eigenvalue weighted by Crippen LogP contribution is 2.26. The topological polar surface area (TPSA) is 73.2 Å². The van der Waals surface area contributed by atoms with Crippen LogP contribution in [-0.2, 0) is 17.6 Å². The van der Waals surface area contributed by atoms with Gasteiger partial charge in [0, 0.05) is 11.8 Å². The number of ether oxygens (including phenoxy) is 1. The number of fused-ring (bicyclic) bond motifs is 1. The van der Waals surface area contributed by atoms with Crippen LogP contribution in [0.4, 0.5) is 5.69 Å². The normalized spacial score (nSPS) is 10.9. The summed E-state index contributed by atoms with van der Waals surface area (Å²) in [5, 5.41) is 4.05. The van der Waals surface area contributed by atoms with Gasteiger partial charge in [-0.2, -0.15) is 0 Å². The molecule has 4 aromatic rings. The Labute approximate surface area is 203 Å². The predicted molar refractivity (Wildman–Crippen MR) is 138 cm³/mol. The lowest BCUT2D eigenvalue weighted by Gasteiger charge is -2.16. The summed E-state index contributed by atoms with van der Waals surface area (Å²) in [6.07, 6.45) is 1.66. The number of thioether (sulfide) groups is 1. The van der Waals surface area contributed by atoms with Crippen LogP contribution in [0.25, 0.3) is 16.6 Å². The van der Waals surface area contributed by atoms with Crippen LogP contribution in [-0.4, -0.2) is 28.3 Å². The predicted octanol–water partition coefficient (Wildman–Crippen LogP) is 5.25. The van der Waals surface area contributed by atoms with E-state index in [9.17, 15) is 9.59 Å². The fourth-order valence-corrected chi connectivity index (χ4v) is 4.71. The van der Waals surface area contributed by atoms with E-state index < -0.39 is 0 Å². The molecule has 1 aromatic heterocycles. The van der Waals surface area contributed by atoms with E-state index >= 15 is 0 Å². The van der Waals surface area contributed by atoms with Crippen LogP contribution in [0.15, 0.2) is 76.7 Å². The number of carbonyl (C=O) groups is 1. The van der Waals surface area contributed by atoms with Crippen molar-refractivity contribution in [3.05, 3.63) is 88.2 Å². The fourth-order valence-electron chi connectivity index (χ4n) is 3.90. The average Bonchev–Trinajstić information content (AvgIpc) is 2.87. The lowest BCUT2D eigenvalue weighted by Crippen LogP contribution is -2.23. The zero-order chi connectivity index (χ0) is 24.1. The van der Waals surface area contributed by atoms with Crippen LogP contribution in [0.3, 0.4) is 0 Å². The van der Waals surface area contributed by atoms with E-state index in [1.54, 1.807) is 23.8 Å². The Morgan fingerprint density at radius 2 is 1.71 bits per heavy atom. The molecule has 0 aliphatic carbocycles. The minimum Gasteiger partial charge on any atom is -0.497 e. The third kappa shape index (κ3) is 4.84. The van der Waals surface area contributed by atoms with Crippen molar-refractivity contribution in [2.75, 3.05) is 18.2 Å². The third-order valence-corrected chi connectivity index (χ3v) is 6.59. The fraction of sp³-hybridized carbons (Fsp3) is 0.222. The van der Waals surface area contributed by atoms with Crippen molar-refractivity contribution in [3.8, 4) is 11.4 Å². The zero-order valence-electron chi connectivity index (χ0n) is 19.5. The second-order valence-electron chi connectivity index (χ2n) is 7.75. The molecule has 1 amide bonds. The van der Waals surface area contributed by atoms with E-state index in [0.29, 0.717) is 27.5 Å². The molecule has 6 nitrogen and oxygen atoms in total. The number of nitrogens with one attached hydrogen (secondary N) is 1. The first-order valence-electron chi connectivity index (χ1n) is 11.2. The molecule has 0 atom stereocenters. The lowest BCUT2D eigenvalue weighted by atomic mass is 10.0. The molecular weight excluding hydrogens is 446 g/mol. The summed E-state index contributed by atoms with van der Waals surface area (Å²) in [5.74, 6) is 0.616. The lowest BCUT2D eigenvalue weighted by molar-refractivity contribution is -0.113. The zero-order valence-corrected chi connectivity index (χ0v) is 20.3. The Bertz CT molecular complexity index is 1380. The van der Waals surface area contributed by atoms with Crippen molar-refractivity contribution in [2.24, 2.45) is 0 Å². The number of amides is 1. The number of anilines is 1. The molecule has 0 aliphatic rings. The number of nitrogens with zero attached hydrogens (tertiary/aromatic N) is 2. The summed E-state index contributed by atoms with van der Waals surface area (Å²) >= 11 is 1.24. The summed E-state index contributed by atoms with van der Waals surface area (Å²) in [6, 6.07) is 20.6.